The van der Waals surface area contributed by atoms with Crippen molar-refractivity contribution >= 4 is 0 Å². The average molecular weight is 287 g/mol. The highest BCUT2D eigenvalue weighted by Gasteiger charge is 2.08. The third-order valence-electron chi connectivity index (χ3n) is 3.07. The van der Waals surface area contributed by atoms with Crippen molar-refractivity contribution in [3.63, 3.8) is 0 Å². The van der Waals surface area contributed by atoms with Gasteiger partial charge in [0.1, 0.15) is 12.4 Å². The Hall–Kier alpha value is -1.81. The molecule has 114 valence electrons. The lowest BCUT2D eigenvalue weighted by Gasteiger charge is -2.20. The van der Waals surface area contributed by atoms with Crippen molar-refractivity contribution in [3.05, 3.63) is 47.8 Å². The van der Waals surface area contributed by atoms with E-state index in [1.807, 2.05) is 36.1 Å². The molecule has 0 bridgehead atoms. The number of rotatable bonds is 6. The Morgan fingerprint density at radius 3 is 2.76 bits per heavy atom. The van der Waals surface area contributed by atoms with Crippen molar-refractivity contribution in [2.45, 2.75) is 46.3 Å². The van der Waals surface area contributed by atoms with Crippen LogP contribution in [-0.4, -0.2) is 21.9 Å². The van der Waals surface area contributed by atoms with E-state index in [-0.39, 0.29) is 5.54 Å². The third-order valence-corrected chi connectivity index (χ3v) is 3.07. The van der Waals surface area contributed by atoms with Gasteiger partial charge in [-0.05, 0) is 51.0 Å². The molecule has 0 atom stereocenters. The molecule has 0 spiro atoms. The van der Waals surface area contributed by atoms with Gasteiger partial charge in [0.25, 0.3) is 0 Å². The van der Waals surface area contributed by atoms with Gasteiger partial charge >= 0.3 is 0 Å². The summed E-state index contributed by atoms with van der Waals surface area (Å²) in [7, 11) is 0. The SMILES string of the molecule is Cc1cnn(CCOc2cccc(CNC(C)(C)C)c2)c1. The van der Waals surface area contributed by atoms with Crippen LogP contribution >= 0.6 is 0 Å². The van der Waals surface area contributed by atoms with Crippen LogP contribution in [0.5, 0.6) is 5.75 Å². The van der Waals surface area contributed by atoms with Crippen molar-refractivity contribution in [1.82, 2.24) is 15.1 Å². The smallest absolute Gasteiger partial charge is 0.119 e. The molecule has 0 aliphatic carbocycles. The van der Waals surface area contributed by atoms with Gasteiger partial charge in [0.15, 0.2) is 0 Å². The number of hydrogen-bond acceptors (Lipinski definition) is 3. The minimum Gasteiger partial charge on any atom is -0.492 e. The molecule has 0 saturated carbocycles. The molecule has 0 fully saturated rings. The molecule has 2 rings (SSSR count). The van der Waals surface area contributed by atoms with Gasteiger partial charge in [-0.2, -0.15) is 5.10 Å². The molecule has 1 heterocycles. The lowest BCUT2D eigenvalue weighted by Crippen LogP contribution is -2.35. The van der Waals surface area contributed by atoms with Crippen molar-refractivity contribution in [2.24, 2.45) is 0 Å². The van der Waals surface area contributed by atoms with Crippen molar-refractivity contribution < 1.29 is 4.74 Å². The molecule has 0 aliphatic rings. The maximum Gasteiger partial charge on any atom is 0.119 e. The zero-order valence-corrected chi connectivity index (χ0v) is 13.4. The van der Waals surface area contributed by atoms with E-state index in [9.17, 15) is 0 Å². The number of aryl methyl sites for hydroxylation is 1. The van der Waals surface area contributed by atoms with Gasteiger partial charge in [0.2, 0.25) is 0 Å². The summed E-state index contributed by atoms with van der Waals surface area (Å²) in [6, 6.07) is 8.23. The van der Waals surface area contributed by atoms with Gasteiger partial charge in [0.05, 0.1) is 12.7 Å². The van der Waals surface area contributed by atoms with Crippen LogP contribution in [0.1, 0.15) is 31.9 Å². The predicted octanol–water partition coefficient (Wildman–Crippen LogP) is 3.16. The van der Waals surface area contributed by atoms with E-state index in [4.69, 9.17) is 4.74 Å². The summed E-state index contributed by atoms with van der Waals surface area (Å²) in [6.45, 7) is 10.8. The van der Waals surface area contributed by atoms with Crippen LogP contribution in [0.15, 0.2) is 36.7 Å². The molecule has 2 aromatic rings. The molecule has 0 aliphatic heterocycles. The third kappa shape index (κ3) is 5.60. The van der Waals surface area contributed by atoms with Gasteiger partial charge < -0.3 is 10.1 Å². The first-order valence-corrected chi connectivity index (χ1v) is 7.38. The largest absolute Gasteiger partial charge is 0.492 e. The summed E-state index contributed by atoms with van der Waals surface area (Å²) in [6.07, 6.45) is 3.88. The van der Waals surface area contributed by atoms with Crippen LogP contribution in [0, 0.1) is 6.92 Å². The van der Waals surface area contributed by atoms with Crippen LogP contribution < -0.4 is 10.1 Å². The predicted molar refractivity (Wildman–Crippen MR) is 85.5 cm³/mol. The maximum absolute atomic E-state index is 5.80. The van der Waals surface area contributed by atoms with E-state index < -0.39 is 0 Å². The van der Waals surface area contributed by atoms with Gasteiger partial charge in [0, 0.05) is 18.3 Å². The monoisotopic (exact) mass is 287 g/mol. The van der Waals surface area contributed by atoms with E-state index >= 15 is 0 Å². The maximum atomic E-state index is 5.80. The van der Waals surface area contributed by atoms with Crippen molar-refractivity contribution in [1.29, 1.82) is 0 Å². The summed E-state index contributed by atoms with van der Waals surface area (Å²) in [5.41, 5.74) is 2.53. The lowest BCUT2D eigenvalue weighted by molar-refractivity contribution is 0.291. The second-order valence-corrected chi connectivity index (χ2v) is 6.38. The Kier molecular flexibility index (Phi) is 5.02. The Bertz CT molecular complexity index is 569. The fraction of sp³-hybridized carbons (Fsp3) is 0.471. The molecule has 21 heavy (non-hydrogen) atoms. The Morgan fingerprint density at radius 2 is 2.10 bits per heavy atom. The number of hydrogen-bond donors (Lipinski definition) is 1. The molecule has 1 aromatic heterocycles. The average Bonchev–Trinajstić information content (AvgIpc) is 2.82. The molecule has 1 N–H and O–H groups in total. The van der Waals surface area contributed by atoms with Crippen LogP contribution in [0.4, 0.5) is 0 Å². The molecule has 4 heteroatoms. The Labute approximate surface area is 127 Å². The zero-order valence-electron chi connectivity index (χ0n) is 13.4. The van der Waals surface area contributed by atoms with E-state index in [2.05, 4.69) is 43.3 Å². The first kappa shape index (κ1) is 15.6. The van der Waals surface area contributed by atoms with Crippen LogP contribution in [0.2, 0.25) is 0 Å². The van der Waals surface area contributed by atoms with E-state index in [0.29, 0.717) is 6.61 Å². The molecular formula is C17H25N3O. The minimum atomic E-state index is 0.120. The molecule has 0 saturated heterocycles. The number of nitrogens with zero attached hydrogens (tertiary/aromatic N) is 2. The van der Waals surface area contributed by atoms with Crippen molar-refractivity contribution in [2.75, 3.05) is 6.61 Å². The molecule has 0 amide bonds. The normalized spacial score (nSPS) is 11.6. The number of nitrogens with one attached hydrogen (secondary N) is 1. The highest BCUT2D eigenvalue weighted by molar-refractivity contribution is 5.28. The first-order valence-electron chi connectivity index (χ1n) is 7.38. The van der Waals surface area contributed by atoms with Crippen LogP contribution in [-0.2, 0) is 13.1 Å². The second-order valence-electron chi connectivity index (χ2n) is 6.38. The van der Waals surface area contributed by atoms with Crippen LogP contribution in [0.3, 0.4) is 0 Å². The number of aromatic nitrogens is 2. The van der Waals surface area contributed by atoms with E-state index in [1.54, 1.807) is 0 Å². The van der Waals surface area contributed by atoms with Gasteiger partial charge in [-0.15, -0.1) is 0 Å². The van der Waals surface area contributed by atoms with Gasteiger partial charge in [-0.3, -0.25) is 4.68 Å². The van der Waals surface area contributed by atoms with Crippen LogP contribution in [0.25, 0.3) is 0 Å². The fourth-order valence-electron chi connectivity index (χ4n) is 1.96. The Balaban J connectivity index is 1.83. The highest BCUT2D eigenvalue weighted by Crippen LogP contribution is 2.14. The summed E-state index contributed by atoms with van der Waals surface area (Å²) in [5.74, 6) is 0.909. The highest BCUT2D eigenvalue weighted by atomic mass is 16.5. The molecule has 0 unspecified atom stereocenters. The lowest BCUT2D eigenvalue weighted by atomic mass is 10.1. The molecule has 0 radical (unpaired) electrons. The standard InChI is InChI=1S/C17H25N3O/c1-14-11-19-20(13-14)8-9-21-16-7-5-6-15(10-16)12-18-17(2,3)4/h5-7,10-11,13,18H,8-9,12H2,1-4H3. The summed E-state index contributed by atoms with van der Waals surface area (Å²) in [5, 5.41) is 7.73. The zero-order chi connectivity index (χ0) is 15.3. The number of ether oxygens (including phenoxy) is 1. The summed E-state index contributed by atoms with van der Waals surface area (Å²) in [4.78, 5) is 0. The second kappa shape index (κ2) is 6.76. The summed E-state index contributed by atoms with van der Waals surface area (Å²) < 4.78 is 7.71. The summed E-state index contributed by atoms with van der Waals surface area (Å²) >= 11 is 0. The molecule has 4 nitrogen and oxygen atoms in total. The minimum absolute atomic E-state index is 0.120. The molecular weight excluding hydrogens is 262 g/mol. The van der Waals surface area contributed by atoms with E-state index in [1.165, 1.54) is 11.1 Å². The molecule has 1 aromatic carbocycles. The fourth-order valence-corrected chi connectivity index (χ4v) is 1.96. The number of benzene rings is 1. The topological polar surface area (TPSA) is 39.1 Å². The Morgan fingerprint density at radius 1 is 1.29 bits per heavy atom. The van der Waals surface area contributed by atoms with Crippen molar-refractivity contribution in [3.8, 4) is 5.75 Å². The van der Waals surface area contributed by atoms with E-state index in [0.717, 1.165) is 18.8 Å². The van der Waals surface area contributed by atoms with Gasteiger partial charge in [-0.1, -0.05) is 12.1 Å². The van der Waals surface area contributed by atoms with Gasteiger partial charge in [-0.25, -0.2) is 0 Å². The quantitative estimate of drug-likeness (QED) is 0.887. The first-order chi connectivity index (χ1) is 9.92.